The van der Waals surface area contributed by atoms with Crippen molar-refractivity contribution < 1.29 is 18.8 Å². The largest absolute Gasteiger partial charge is 0.352 e. The molecule has 2 amide bonds. The lowest BCUT2D eigenvalue weighted by atomic mass is 10.0. The normalized spacial score (nSPS) is 18.6. The number of Topliss-reactive ketones (excluding diaryl/α,β-unsaturated/α-hetero) is 1. The molecule has 8 nitrogen and oxygen atoms in total. The van der Waals surface area contributed by atoms with Gasteiger partial charge in [0, 0.05) is 50.3 Å². The summed E-state index contributed by atoms with van der Waals surface area (Å²) in [5, 5.41) is 2.90. The zero-order valence-electron chi connectivity index (χ0n) is 19.7. The maximum atomic E-state index is 13.6. The maximum absolute atomic E-state index is 13.6. The number of piperazine rings is 1. The van der Waals surface area contributed by atoms with Crippen LogP contribution in [-0.4, -0.2) is 64.3 Å². The van der Waals surface area contributed by atoms with E-state index in [1.807, 2.05) is 13.8 Å². The van der Waals surface area contributed by atoms with Crippen molar-refractivity contribution in [3.05, 3.63) is 70.1 Å². The van der Waals surface area contributed by atoms with Gasteiger partial charge in [0.05, 0.1) is 21.7 Å². The van der Waals surface area contributed by atoms with Crippen LogP contribution >= 0.6 is 11.6 Å². The number of carbonyl (C=O) groups is 3. The van der Waals surface area contributed by atoms with Gasteiger partial charge in [0.2, 0.25) is 0 Å². The fourth-order valence-electron chi connectivity index (χ4n) is 4.53. The summed E-state index contributed by atoms with van der Waals surface area (Å²) in [5.41, 5.74) is 1.77. The number of nitrogens with two attached hydrogens (primary N) is 1. The lowest BCUT2D eigenvalue weighted by Crippen LogP contribution is -2.57. The number of benzene rings is 2. The third-order valence-electron chi connectivity index (χ3n) is 6.51. The molecule has 0 unspecified atom stereocenters. The standard InChI is InChI=1S/C25H27ClFN5O3/c1-14-11-31(15(2)10-30(14)12-16-4-6-17(27)7-5-16)25(35)19-8-18-20(23(33)24(34)29-3)13-32(28)22(18)9-21(19)26/h4-9,13-15H,10-12,28H2,1-3H3,(H,29,34)/t14-,15+/m0/s1. The first-order valence-electron chi connectivity index (χ1n) is 11.3. The number of hydrogen-bond acceptors (Lipinski definition) is 5. The van der Waals surface area contributed by atoms with E-state index in [1.165, 1.54) is 42.2 Å². The van der Waals surface area contributed by atoms with Gasteiger partial charge in [-0.25, -0.2) is 4.39 Å². The number of rotatable bonds is 5. The van der Waals surface area contributed by atoms with Crippen molar-refractivity contribution in [1.29, 1.82) is 0 Å². The molecule has 4 rings (SSSR count). The molecule has 35 heavy (non-hydrogen) atoms. The van der Waals surface area contributed by atoms with Crippen LogP contribution in [0.15, 0.2) is 42.6 Å². The molecule has 0 spiro atoms. The first kappa shape index (κ1) is 24.7. The van der Waals surface area contributed by atoms with Gasteiger partial charge < -0.3 is 16.1 Å². The highest BCUT2D eigenvalue weighted by molar-refractivity contribution is 6.45. The van der Waals surface area contributed by atoms with Crippen molar-refractivity contribution in [1.82, 2.24) is 19.8 Å². The molecule has 2 aromatic carbocycles. The summed E-state index contributed by atoms with van der Waals surface area (Å²) in [6.45, 7) is 5.75. The van der Waals surface area contributed by atoms with Gasteiger partial charge in [-0.2, -0.15) is 0 Å². The fourth-order valence-corrected chi connectivity index (χ4v) is 4.77. The number of likely N-dealkylation sites (N-methyl/N-ethyl adjacent to an activating group) is 1. The van der Waals surface area contributed by atoms with Crippen LogP contribution < -0.4 is 11.2 Å². The van der Waals surface area contributed by atoms with Gasteiger partial charge in [-0.05, 0) is 43.7 Å². The average Bonchev–Trinajstić information content (AvgIpc) is 3.15. The molecule has 1 aliphatic rings. The van der Waals surface area contributed by atoms with Crippen LogP contribution in [0.3, 0.4) is 0 Å². The highest BCUT2D eigenvalue weighted by Crippen LogP contribution is 2.30. The lowest BCUT2D eigenvalue weighted by molar-refractivity contribution is -0.116. The fraction of sp³-hybridized carbons (Fsp3) is 0.320. The van der Waals surface area contributed by atoms with Gasteiger partial charge in [0.1, 0.15) is 5.82 Å². The van der Waals surface area contributed by atoms with Crippen molar-refractivity contribution in [2.45, 2.75) is 32.5 Å². The molecule has 1 saturated heterocycles. The smallest absolute Gasteiger partial charge is 0.292 e. The Morgan fingerprint density at radius 3 is 2.43 bits per heavy atom. The summed E-state index contributed by atoms with van der Waals surface area (Å²) in [4.78, 5) is 42.0. The number of fused-ring (bicyclic) bond motifs is 1. The summed E-state index contributed by atoms with van der Waals surface area (Å²) < 4.78 is 14.5. The van der Waals surface area contributed by atoms with Gasteiger partial charge in [-0.1, -0.05) is 23.7 Å². The van der Waals surface area contributed by atoms with Crippen molar-refractivity contribution in [2.75, 3.05) is 26.0 Å². The predicted octanol–water partition coefficient (Wildman–Crippen LogP) is 2.81. The van der Waals surface area contributed by atoms with E-state index in [-0.39, 0.29) is 40.0 Å². The van der Waals surface area contributed by atoms with E-state index < -0.39 is 11.7 Å². The van der Waals surface area contributed by atoms with Crippen LogP contribution in [0.4, 0.5) is 4.39 Å². The second-order valence-corrected chi connectivity index (χ2v) is 9.33. The molecule has 2 atom stereocenters. The summed E-state index contributed by atoms with van der Waals surface area (Å²) in [6, 6.07) is 9.42. The number of aromatic nitrogens is 1. The van der Waals surface area contributed by atoms with Crippen molar-refractivity contribution in [3.63, 3.8) is 0 Å². The molecule has 184 valence electrons. The summed E-state index contributed by atoms with van der Waals surface area (Å²) in [5.74, 6) is 3.91. The van der Waals surface area contributed by atoms with E-state index in [1.54, 1.807) is 17.0 Å². The molecule has 1 aromatic heterocycles. The number of amides is 2. The van der Waals surface area contributed by atoms with Gasteiger partial charge in [-0.3, -0.25) is 24.0 Å². The Kier molecular flexibility index (Phi) is 6.82. The van der Waals surface area contributed by atoms with Gasteiger partial charge in [0.15, 0.2) is 0 Å². The Bertz CT molecular complexity index is 1310. The maximum Gasteiger partial charge on any atom is 0.292 e. The Morgan fingerprint density at radius 2 is 1.77 bits per heavy atom. The molecule has 1 aliphatic heterocycles. The molecule has 0 bridgehead atoms. The highest BCUT2D eigenvalue weighted by atomic mass is 35.5. The number of ketones is 1. The third-order valence-corrected chi connectivity index (χ3v) is 6.82. The second kappa shape index (κ2) is 9.67. The van der Waals surface area contributed by atoms with Crippen LogP contribution in [0.1, 0.15) is 40.1 Å². The van der Waals surface area contributed by atoms with E-state index in [4.69, 9.17) is 17.4 Å². The van der Waals surface area contributed by atoms with Crippen molar-refractivity contribution >= 4 is 40.1 Å². The number of carbonyl (C=O) groups excluding carboxylic acids is 3. The lowest BCUT2D eigenvalue weighted by Gasteiger charge is -2.44. The highest BCUT2D eigenvalue weighted by Gasteiger charge is 2.33. The zero-order chi connectivity index (χ0) is 25.4. The molecular formula is C25H27ClFN5O3. The Hall–Kier alpha value is -3.43. The van der Waals surface area contributed by atoms with E-state index >= 15 is 0 Å². The van der Waals surface area contributed by atoms with Gasteiger partial charge >= 0.3 is 0 Å². The molecular weight excluding hydrogens is 473 g/mol. The van der Waals surface area contributed by atoms with Crippen LogP contribution in [0.25, 0.3) is 10.9 Å². The Morgan fingerprint density at radius 1 is 1.09 bits per heavy atom. The van der Waals surface area contributed by atoms with Crippen molar-refractivity contribution in [2.24, 2.45) is 0 Å². The monoisotopic (exact) mass is 499 g/mol. The minimum absolute atomic E-state index is 0.0539. The Labute approximate surface area is 207 Å². The second-order valence-electron chi connectivity index (χ2n) is 8.92. The third kappa shape index (κ3) is 4.74. The van der Waals surface area contributed by atoms with Crippen LogP contribution in [0.5, 0.6) is 0 Å². The molecule has 0 aliphatic carbocycles. The number of nitrogens with zero attached hydrogens (tertiary/aromatic N) is 3. The number of hydrogen-bond donors (Lipinski definition) is 2. The van der Waals surface area contributed by atoms with Crippen molar-refractivity contribution in [3.8, 4) is 0 Å². The van der Waals surface area contributed by atoms with E-state index in [0.717, 1.165) is 5.56 Å². The molecule has 3 N–H and O–H groups in total. The number of halogens is 2. The predicted molar refractivity (Wildman–Crippen MR) is 132 cm³/mol. The first-order valence-corrected chi connectivity index (χ1v) is 11.6. The van der Waals surface area contributed by atoms with Crippen LogP contribution in [0, 0.1) is 5.82 Å². The zero-order valence-corrected chi connectivity index (χ0v) is 20.5. The summed E-state index contributed by atoms with van der Waals surface area (Å²) in [7, 11) is 1.37. The Balaban J connectivity index is 1.60. The SMILES string of the molecule is CNC(=O)C(=O)c1cn(N)c2cc(Cl)c(C(=O)N3C[C@H](C)N(Cc4ccc(F)cc4)C[C@H]3C)cc12. The molecule has 2 heterocycles. The molecule has 3 aromatic rings. The topological polar surface area (TPSA) is 101 Å². The van der Waals surface area contributed by atoms with Crippen LogP contribution in [-0.2, 0) is 11.3 Å². The number of nitrogens with one attached hydrogen (secondary N) is 1. The van der Waals surface area contributed by atoms with Gasteiger partial charge in [-0.15, -0.1) is 0 Å². The quantitative estimate of drug-likeness (QED) is 0.319. The minimum atomic E-state index is -0.778. The van der Waals surface area contributed by atoms with Crippen LogP contribution in [0.2, 0.25) is 5.02 Å². The first-order chi connectivity index (χ1) is 16.6. The number of nitrogen functional groups attached to an aromatic ring is 1. The minimum Gasteiger partial charge on any atom is -0.352 e. The van der Waals surface area contributed by atoms with E-state index in [9.17, 15) is 18.8 Å². The molecule has 1 fully saturated rings. The summed E-state index contributed by atoms with van der Waals surface area (Å²) >= 11 is 6.48. The van der Waals surface area contributed by atoms with Gasteiger partial charge in [0.25, 0.3) is 17.6 Å². The molecule has 0 saturated carbocycles. The van der Waals surface area contributed by atoms with E-state index in [0.29, 0.717) is 30.5 Å². The molecule has 10 heteroatoms. The summed E-state index contributed by atoms with van der Waals surface area (Å²) in [6.07, 6.45) is 1.35. The van der Waals surface area contributed by atoms with E-state index in [2.05, 4.69) is 10.2 Å². The average molecular weight is 500 g/mol. The molecule has 0 radical (unpaired) electrons.